The second-order valence-corrected chi connectivity index (χ2v) is 14.3. The Labute approximate surface area is 332 Å². The molecular formula is C53H34N4. The van der Waals surface area contributed by atoms with Gasteiger partial charge in [-0.25, -0.2) is 15.0 Å². The van der Waals surface area contributed by atoms with Crippen LogP contribution < -0.4 is 0 Å². The fourth-order valence-corrected chi connectivity index (χ4v) is 8.43. The van der Waals surface area contributed by atoms with Gasteiger partial charge >= 0.3 is 0 Å². The summed E-state index contributed by atoms with van der Waals surface area (Å²) < 4.78 is 0. The van der Waals surface area contributed by atoms with E-state index in [9.17, 15) is 5.26 Å². The molecule has 266 valence electrons. The van der Waals surface area contributed by atoms with E-state index in [1.165, 1.54) is 33.4 Å². The molecule has 57 heavy (non-hydrogen) atoms. The van der Waals surface area contributed by atoms with Gasteiger partial charge < -0.3 is 0 Å². The summed E-state index contributed by atoms with van der Waals surface area (Å²) in [5.74, 6) is 1.86. The molecule has 0 unspecified atom stereocenters. The van der Waals surface area contributed by atoms with Gasteiger partial charge in [0.15, 0.2) is 17.5 Å². The third-order valence-electron chi connectivity index (χ3n) is 11.1. The molecule has 0 N–H and O–H groups in total. The first-order valence-electron chi connectivity index (χ1n) is 19.1. The number of hydrogen-bond donors (Lipinski definition) is 0. The van der Waals surface area contributed by atoms with Crippen LogP contribution in [-0.2, 0) is 5.41 Å². The first-order chi connectivity index (χ1) is 28.2. The molecule has 4 nitrogen and oxygen atoms in total. The van der Waals surface area contributed by atoms with Gasteiger partial charge in [0.05, 0.1) is 17.0 Å². The highest BCUT2D eigenvalue weighted by Gasteiger charge is 2.46. The molecule has 0 fully saturated rings. The molecule has 0 aliphatic heterocycles. The van der Waals surface area contributed by atoms with Gasteiger partial charge in [-0.3, -0.25) is 0 Å². The van der Waals surface area contributed by atoms with Crippen molar-refractivity contribution in [2.75, 3.05) is 0 Å². The van der Waals surface area contributed by atoms with Crippen LogP contribution in [0.25, 0.3) is 67.5 Å². The highest BCUT2D eigenvalue weighted by atomic mass is 15.0. The zero-order valence-corrected chi connectivity index (χ0v) is 30.9. The van der Waals surface area contributed by atoms with E-state index in [0.29, 0.717) is 23.0 Å². The maximum absolute atomic E-state index is 9.66. The molecule has 1 aliphatic rings. The zero-order valence-electron chi connectivity index (χ0n) is 30.9. The van der Waals surface area contributed by atoms with Gasteiger partial charge in [0.1, 0.15) is 0 Å². The van der Waals surface area contributed by atoms with Crippen LogP contribution in [0.1, 0.15) is 27.8 Å². The number of nitriles is 1. The van der Waals surface area contributed by atoms with E-state index in [2.05, 4.69) is 140 Å². The number of rotatable bonds is 7. The molecule has 0 spiro atoms. The Kier molecular flexibility index (Phi) is 8.39. The van der Waals surface area contributed by atoms with Crippen molar-refractivity contribution in [3.05, 3.63) is 234 Å². The van der Waals surface area contributed by atoms with E-state index in [1.54, 1.807) is 0 Å². The number of hydrogen-bond acceptors (Lipinski definition) is 4. The van der Waals surface area contributed by atoms with Crippen molar-refractivity contribution in [3.8, 4) is 73.6 Å². The lowest BCUT2D eigenvalue weighted by molar-refractivity contribution is 0.769. The normalized spacial score (nSPS) is 12.3. The Morgan fingerprint density at radius 2 is 0.737 bits per heavy atom. The van der Waals surface area contributed by atoms with Gasteiger partial charge in [0, 0.05) is 16.7 Å². The fourth-order valence-electron chi connectivity index (χ4n) is 8.43. The van der Waals surface area contributed by atoms with Gasteiger partial charge in [-0.15, -0.1) is 0 Å². The first-order valence-corrected chi connectivity index (χ1v) is 19.1. The molecule has 1 aromatic heterocycles. The van der Waals surface area contributed by atoms with E-state index in [4.69, 9.17) is 15.0 Å². The molecule has 0 amide bonds. The van der Waals surface area contributed by atoms with Crippen LogP contribution in [0.15, 0.2) is 206 Å². The van der Waals surface area contributed by atoms with Crippen molar-refractivity contribution >= 4 is 0 Å². The average Bonchev–Trinajstić information content (AvgIpc) is 3.60. The largest absolute Gasteiger partial charge is 0.208 e. The van der Waals surface area contributed by atoms with Gasteiger partial charge in [0.2, 0.25) is 0 Å². The van der Waals surface area contributed by atoms with E-state index in [-0.39, 0.29) is 0 Å². The topological polar surface area (TPSA) is 62.5 Å². The summed E-state index contributed by atoms with van der Waals surface area (Å²) in [7, 11) is 0. The summed E-state index contributed by atoms with van der Waals surface area (Å²) in [5, 5.41) is 9.66. The monoisotopic (exact) mass is 726 g/mol. The molecule has 9 aromatic rings. The van der Waals surface area contributed by atoms with Crippen molar-refractivity contribution in [3.63, 3.8) is 0 Å². The summed E-state index contributed by atoms with van der Waals surface area (Å²) in [4.78, 5) is 14.9. The minimum absolute atomic E-state index is 0.543. The summed E-state index contributed by atoms with van der Waals surface area (Å²) in [6.07, 6.45) is 0. The van der Waals surface area contributed by atoms with Gasteiger partial charge in [-0.2, -0.15) is 5.26 Å². The quantitative estimate of drug-likeness (QED) is 0.164. The molecule has 0 radical (unpaired) electrons. The van der Waals surface area contributed by atoms with Crippen LogP contribution in [0.4, 0.5) is 0 Å². The van der Waals surface area contributed by atoms with Crippen LogP contribution in [-0.4, -0.2) is 15.0 Å². The predicted molar refractivity (Wildman–Crippen MR) is 229 cm³/mol. The zero-order chi connectivity index (χ0) is 38.2. The van der Waals surface area contributed by atoms with Crippen LogP contribution >= 0.6 is 0 Å². The molecular weight excluding hydrogens is 693 g/mol. The van der Waals surface area contributed by atoms with Crippen LogP contribution in [0.3, 0.4) is 0 Å². The van der Waals surface area contributed by atoms with E-state index in [1.807, 2.05) is 72.8 Å². The second-order valence-electron chi connectivity index (χ2n) is 14.3. The third-order valence-corrected chi connectivity index (χ3v) is 11.1. The Morgan fingerprint density at radius 3 is 1.25 bits per heavy atom. The fraction of sp³-hybridized carbons (Fsp3) is 0.0189. The predicted octanol–water partition coefficient (Wildman–Crippen LogP) is 12.4. The Bertz CT molecular complexity index is 2820. The van der Waals surface area contributed by atoms with E-state index >= 15 is 0 Å². The lowest BCUT2D eigenvalue weighted by Crippen LogP contribution is -2.28. The van der Waals surface area contributed by atoms with Crippen molar-refractivity contribution in [2.45, 2.75) is 5.41 Å². The maximum atomic E-state index is 9.66. The van der Waals surface area contributed by atoms with Gasteiger partial charge in [0.25, 0.3) is 0 Å². The lowest BCUT2D eigenvalue weighted by atomic mass is 9.67. The molecule has 1 heterocycles. The summed E-state index contributed by atoms with van der Waals surface area (Å²) >= 11 is 0. The third kappa shape index (κ3) is 5.82. The number of nitrogens with zero attached hydrogens (tertiary/aromatic N) is 4. The second kappa shape index (κ2) is 14.2. The van der Waals surface area contributed by atoms with Gasteiger partial charge in [-0.1, -0.05) is 182 Å². The SMILES string of the molecule is N#Cc1ccc(-c2cc3c(cc2-c2ccc(-c4nc(-c5ccccc5)nc(-c5ccccc5)n4)cc2)C(c2ccccc2)(c2ccccc2)c2ccccc2-3)cc1. The van der Waals surface area contributed by atoms with Crippen LogP contribution in [0.5, 0.6) is 0 Å². The Morgan fingerprint density at radius 1 is 0.333 bits per heavy atom. The Balaban J connectivity index is 1.19. The van der Waals surface area contributed by atoms with E-state index in [0.717, 1.165) is 38.9 Å². The summed E-state index contributed by atoms with van der Waals surface area (Å²) in [5.41, 5.74) is 14.5. The minimum Gasteiger partial charge on any atom is -0.208 e. The highest BCUT2D eigenvalue weighted by molar-refractivity contribution is 5.95. The maximum Gasteiger partial charge on any atom is 0.164 e. The van der Waals surface area contributed by atoms with Crippen molar-refractivity contribution in [1.82, 2.24) is 15.0 Å². The summed E-state index contributed by atoms with van der Waals surface area (Å²) in [6, 6.07) is 74.2. The molecule has 1 aliphatic carbocycles. The molecule has 4 heteroatoms. The van der Waals surface area contributed by atoms with Crippen molar-refractivity contribution < 1.29 is 0 Å². The molecule has 0 saturated carbocycles. The first kappa shape index (κ1) is 33.8. The standard InChI is InChI=1S/C53H34N4/c54-35-36-25-27-37(28-26-36)45-33-47-44-23-13-14-24-48(44)53(42-19-9-3-10-20-42,43-21-11-4-12-22-43)49(47)34-46(45)38-29-31-41(32-30-38)52-56-50(39-15-5-1-6-16-39)55-51(57-52)40-17-7-2-8-18-40/h1-34H. The number of benzene rings is 8. The Hall–Kier alpha value is -7.74. The average molecular weight is 727 g/mol. The lowest BCUT2D eigenvalue weighted by Gasteiger charge is -2.34. The van der Waals surface area contributed by atoms with Crippen LogP contribution in [0, 0.1) is 11.3 Å². The molecule has 0 atom stereocenters. The molecule has 0 saturated heterocycles. The van der Waals surface area contributed by atoms with Crippen molar-refractivity contribution in [2.24, 2.45) is 0 Å². The van der Waals surface area contributed by atoms with Gasteiger partial charge in [-0.05, 0) is 79.9 Å². The number of fused-ring (bicyclic) bond motifs is 3. The minimum atomic E-state index is -0.543. The van der Waals surface area contributed by atoms with Crippen molar-refractivity contribution in [1.29, 1.82) is 5.26 Å². The molecule has 8 aromatic carbocycles. The van der Waals surface area contributed by atoms with E-state index < -0.39 is 5.41 Å². The highest BCUT2D eigenvalue weighted by Crippen LogP contribution is 2.58. The smallest absolute Gasteiger partial charge is 0.164 e. The summed E-state index contributed by atoms with van der Waals surface area (Å²) in [6.45, 7) is 0. The van der Waals surface area contributed by atoms with Crippen LogP contribution in [0.2, 0.25) is 0 Å². The molecule has 10 rings (SSSR count). The number of aromatic nitrogens is 3. The molecule has 0 bridgehead atoms.